The fourth-order valence-corrected chi connectivity index (χ4v) is 4.79. The zero-order valence-electron chi connectivity index (χ0n) is 13.5. The number of rotatable bonds is 7. The Balaban J connectivity index is 2.11. The van der Waals surface area contributed by atoms with E-state index in [0.29, 0.717) is 18.7 Å². The number of ether oxygens (including phenoxy) is 1. The van der Waals surface area contributed by atoms with Crippen molar-refractivity contribution in [2.45, 2.75) is 17.7 Å². The molecular weight excluding hydrogens is 352 g/mol. The van der Waals surface area contributed by atoms with Gasteiger partial charge in [-0.25, -0.2) is 21.6 Å². The van der Waals surface area contributed by atoms with Crippen LogP contribution in [-0.2, 0) is 20.0 Å². The maximum Gasteiger partial charge on any atom is 0.243 e. The number of piperidine rings is 1. The highest BCUT2D eigenvalue weighted by Gasteiger charge is 2.30. The minimum Gasteiger partial charge on any atom is -0.497 e. The molecule has 0 amide bonds. The molecule has 134 valence electrons. The van der Waals surface area contributed by atoms with E-state index in [0.717, 1.165) is 11.8 Å². The summed E-state index contributed by atoms with van der Waals surface area (Å²) in [5.74, 6) is 0.400. The number of methoxy groups -OCH3 is 1. The first-order valence-electron chi connectivity index (χ1n) is 7.55. The number of hydrogen-bond donors (Lipinski definition) is 1. The van der Waals surface area contributed by atoms with Crippen molar-refractivity contribution in [3.8, 4) is 5.75 Å². The van der Waals surface area contributed by atoms with Crippen LogP contribution >= 0.6 is 0 Å². The van der Waals surface area contributed by atoms with E-state index in [1.54, 1.807) is 12.1 Å². The van der Waals surface area contributed by atoms with Gasteiger partial charge in [0.1, 0.15) is 5.75 Å². The Labute approximate surface area is 143 Å². The third-order valence-electron chi connectivity index (χ3n) is 3.95. The van der Waals surface area contributed by atoms with Gasteiger partial charge in [-0.05, 0) is 30.9 Å². The highest BCUT2D eigenvalue weighted by atomic mass is 32.2. The summed E-state index contributed by atoms with van der Waals surface area (Å²) in [7, 11) is -5.65. The van der Waals surface area contributed by atoms with Gasteiger partial charge in [0.2, 0.25) is 20.0 Å². The lowest BCUT2D eigenvalue weighted by Gasteiger charge is -2.32. The van der Waals surface area contributed by atoms with Crippen LogP contribution in [0.4, 0.5) is 0 Å². The number of nitrogens with zero attached hydrogens (tertiary/aromatic N) is 1. The molecule has 0 unspecified atom stereocenters. The van der Waals surface area contributed by atoms with Gasteiger partial charge >= 0.3 is 0 Å². The van der Waals surface area contributed by atoms with E-state index in [2.05, 4.69) is 11.3 Å². The fraction of sp³-hybridized carbons (Fsp3) is 0.467. The number of sulfonamides is 2. The third kappa shape index (κ3) is 4.56. The van der Waals surface area contributed by atoms with E-state index in [-0.39, 0.29) is 23.9 Å². The molecule has 0 radical (unpaired) electrons. The first kappa shape index (κ1) is 18.9. The molecule has 9 heteroatoms. The molecule has 2 rings (SSSR count). The molecule has 1 aliphatic rings. The normalized spacial score (nSPS) is 19.8. The van der Waals surface area contributed by atoms with E-state index in [1.165, 1.54) is 23.5 Å². The van der Waals surface area contributed by atoms with Crippen LogP contribution in [0.15, 0.2) is 41.1 Å². The summed E-state index contributed by atoms with van der Waals surface area (Å²) in [5.41, 5.74) is 0. The lowest BCUT2D eigenvalue weighted by Crippen LogP contribution is -2.43. The first-order chi connectivity index (χ1) is 11.3. The smallest absolute Gasteiger partial charge is 0.243 e. The molecule has 0 bridgehead atoms. The summed E-state index contributed by atoms with van der Waals surface area (Å²) in [5, 5.41) is 0.848. The van der Waals surface area contributed by atoms with Gasteiger partial charge in [0.05, 0.1) is 12.0 Å². The van der Waals surface area contributed by atoms with Crippen molar-refractivity contribution in [1.82, 2.24) is 9.03 Å². The fourth-order valence-electron chi connectivity index (χ4n) is 2.62. The predicted molar refractivity (Wildman–Crippen MR) is 91.6 cm³/mol. The second-order valence-electron chi connectivity index (χ2n) is 5.61. The van der Waals surface area contributed by atoms with Crippen molar-refractivity contribution in [2.75, 3.05) is 26.7 Å². The molecule has 1 N–H and O–H groups in total. The summed E-state index contributed by atoms with van der Waals surface area (Å²) in [4.78, 5) is 0.175. The average Bonchev–Trinajstić information content (AvgIpc) is 2.60. The second kappa shape index (κ2) is 7.64. The molecule has 1 aromatic rings. The summed E-state index contributed by atoms with van der Waals surface area (Å²) >= 11 is 0. The van der Waals surface area contributed by atoms with Crippen molar-refractivity contribution in [3.63, 3.8) is 0 Å². The van der Waals surface area contributed by atoms with E-state index < -0.39 is 20.0 Å². The summed E-state index contributed by atoms with van der Waals surface area (Å²) in [6.07, 6.45) is 1.45. The van der Waals surface area contributed by atoms with Crippen LogP contribution in [0.5, 0.6) is 5.75 Å². The molecule has 1 heterocycles. The molecule has 1 aromatic carbocycles. The minimum atomic E-state index is -3.63. The topological polar surface area (TPSA) is 92.8 Å². The Kier molecular flexibility index (Phi) is 6.02. The van der Waals surface area contributed by atoms with Crippen LogP contribution in [0.3, 0.4) is 0 Å². The maximum absolute atomic E-state index is 12.8. The summed E-state index contributed by atoms with van der Waals surface area (Å²) in [6, 6.07) is 6.33. The van der Waals surface area contributed by atoms with Crippen LogP contribution in [0.25, 0.3) is 0 Å². The van der Waals surface area contributed by atoms with Gasteiger partial charge in [0.15, 0.2) is 0 Å². The lowest BCUT2D eigenvalue weighted by molar-refractivity contribution is 0.267. The van der Waals surface area contributed by atoms with Crippen molar-refractivity contribution in [3.05, 3.63) is 36.3 Å². The van der Waals surface area contributed by atoms with E-state index in [9.17, 15) is 16.8 Å². The Morgan fingerprint density at radius 2 is 2.12 bits per heavy atom. The molecule has 1 saturated heterocycles. The molecule has 0 aliphatic carbocycles. The van der Waals surface area contributed by atoms with Crippen molar-refractivity contribution < 1.29 is 21.6 Å². The Morgan fingerprint density at radius 1 is 1.38 bits per heavy atom. The Hall–Kier alpha value is -1.42. The number of nitrogens with one attached hydrogen (secondary N) is 1. The van der Waals surface area contributed by atoms with Crippen molar-refractivity contribution in [2.24, 2.45) is 5.92 Å². The van der Waals surface area contributed by atoms with Gasteiger partial charge in [-0.15, -0.1) is 0 Å². The van der Waals surface area contributed by atoms with Gasteiger partial charge in [-0.1, -0.05) is 12.6 Å². The molecule has 1 atom stereocenters. The SMILES string of the molecule is C=CS(=O)(=O)NC[C@H]1CCCN(S(=O)(=O)c2cccc(OC)c2)C1. The summed E-state index contributed by atoms with van der Waals surface area (Å²) < 4.78 is 57.3. The number of hydrogen-bond acceptors (Lipinski definition) is 5. The third-order valence-corrected chi connectivity index (χ3v) is 6.82. The van der Waals surface area contributed by atoms with E-state index in [1.807, 2.05) is 0 Å². The monoisotopic (exact) mass is 374 g/mol. The van der Waals surface area contributed by atoms with Crippen LogP contribution in [0.1, 0.15) is 12.8 Å². The van der Waals surface area contributed by atoms with Crippen LogP contribution in [-0.4, -0.2) is 47.9 Å². The first-order valence-corrected chi connectivity index (χ1v) is 10.5. The average molecular weight is 374 g/mol. The zero-order valence-corrected chi connectivity index (χ0v) is 15.1. The maximum atomic E-state index is 12.8. The van der Waals surface area contributed by atoms with Crippen LogP contribution in [0, 0.1) is 5.92 Å². The van der Waals surface area contributed by atoms with Crippen LogP contribution in [0.2, 0.25) is 0 Å². The Morgan fingerprint density at radius 3 is 2.79 bits per heavy atom. The van der Waals surface area contributed by atoms with Crippen molar-refractivity contribution >= 4 is 20.0 Å². The second-order valence-corrected chi connectivity index (χ2v) is 9.26. The summed E-state index contributed by atoms with van der Waals surface area (Å²) in [6.45, 7) is 4.13. The highest BCUT2D eigenvalue weighted by Crippen LogP contribution is 2.25. The molecule has 0 aromatic heterocycles. The number of benzene rings is 1. The molecule has 1 aliphatic heterocycles. The van der Waals surface area contributed by atoms with Gasteiger partial charge in [0.25, 0.3) is 0 Å². The largest absolute Gasteiger partial charge is 0.497 e. The van der Waals surface area contributed by atoms with E-state index >= 15 is 0 Å². The van der Waals surface area contributed by atoms with Crippen LogP contribution < -0.4 is 9.46 Å². The molecular formula is C15H22N2O5S2. The molecule has 0 spiro atoms. The standard InChI is InChI=1S/C15H22N2O5S2/c1-3-23(18,19)16-11-13-6-5-9-17(12-13)24(20,21)15-8-4-7-14(10-15)22-2/h3-4,7-8,10,13,16H,1,5-6,9,11-12H2,2H3/t13-/m1/s1. The van der Waals surface area contributed by atoms with Crippen molar-refractivity contribution in [1.29, 1.82) is 0 Å². The Bertz CT molecular complexity index is 790. The quantitative estimate of drug-likeness (QED) is 0.773. The molecule has 0 saturated carbocycles. The van der Waals surface area contributed by atoms with Gasteiger partial charge in [-0.3, -0.25) is 0 Å². The van der Waals surface area contributed by atoms with Gasteiger partial charge < -0.3 is 4.74 Å². The van der Waals surface area contributed by atoms with E-state index in [4.69, 9.17) is 4.74 Å². The molecule has 1 fully saturated rings. The molecule has 24 heavy (non-hydrogen) atoms. The minimum absolute atomic E-state index is 0.0751. The van der Waals surface area contributed by atoms with Gasteiger partial charge in [0, 0.05) is 31.1 Å². The highest BCUT2D eigenvalue weighted by molar-refractivity contribution is 7.92. The lowest BCUT2D eigenvalue weighted by atomic mass is 10.0. The predicted octanol–water partition coefficient (Wildman–Crippen LogP) is 1.16. The molecule has 7 nitrogen and oxygen atoms in total. The van der Waals surface area contributed by atoms with Gasteiger partial charge in [-0.2, -0.15) is 4.31 Å². The zero-order chi connectivity index (χ0) is 17.8.